The topological polar surface area (TPSA) is 179 Å². The smallest absolute Gasteiger partial charge is 0.298 e. The summed E-state index contributed by atoms with van der Waals surface area (Å²) in [5, 5.41) is 0. The molecule has 27 heavy (non-hydrogen) atoms. The van der Waals surface area contributed by atoms with Gasteiger partial charge in [0.05, 0.1) is 14.2 Å². The number of carbonyl (C=O) groups is 1. The molecule has 0 radical (unpaired) electrons. The molecule has 0 amide bonds. The molecule has 0 atom stereocenters. The summed E-state index contributed by atoms with van der Waals surface area (Å²) in [4.78, 5) is 11.3. The highest BCUT2D eigenvalue weighted by Gasteiger charge is 2.22. The summed E-state index contributed by atoms with van der Waals surface area (Å²) in [5.74, 6) is -1.08. The van der Waals surface area contributed by atoms with E-state index in [1.807, 2.05) is 0 Å². The first-order valence-electron chi connectivity index (χ1n) is 6.85. The van der Waals surface area contributed by atoms with Crippen molar-refractivity contribution < 1.29 is 40.2 Å². The van der Waals surface area contributed by atoms with Crippen LogP contribution >= 0.6 is 0 Å². The molecular weight excluding hydrogens is 402 g/mol. The molecule has 0 heterocycles. The van der Waals surface area contributed by atoms with Crippen LogP contribution in [-0.2, 0) is 20.2 Å². The number of ketones is 1. The third-order valence-electron chi connectivity index (χ3n) is 3.41. The summed E-state index contributed by atoms with van der Waals surface area (Å²) in [6, 6.07) is 6.62. The average molecular weight is 419 g/mol. The van der Waals surface area contributed by atoms with Crippen LogP contribution in [0.15, 0.2) is 46.2 Å². The molecular formula is C15H17NO9S2. The van der Waals surface area contributed by atoms with Crippen LogP contribution in [0.1, 0.15) is 15.9 Å². The van der Waals surface area contributed by atoms with E-state index >= 15 is 0 Å². The molecule has 0 saturated heterocycles. The molecule has 2 rings (SSSR count). The summed E-state index contributed by atoms with van der Waals surface area (Å²) in [6.45, 7) is 0. The van der Waals surface area contributed by atoms with Gasteiger partial charge in [-0.15, -0.1) is 0 Å². The Morgan fingerprint density at radius 1 is 0.778 bits per heavy atom. The molecule has 5 N–H and O–H groups in total. The summed E-state index contributed by atoms with van der Waals surface area (Å²) in [7, 11) is -6.94. The van der Waals surface area contributed by atoms with Gasteiger partial charge in [-0.25, -0.2) is 0 Å². The van der Waals surface area contributed by atoms with Crippen LogP contribution in [0.2, 0.25) is 0 Å². The Kier molecular flexibility index (Phi) is 6.69. The maximum Gasteiger partial charge on any atom is 0.298 e. The van der Waals surface area contributed by atoms with Crippen molar-refractivity contribution in [3.05, 3.63) is 47.5 Å². The zero-order valence-corrected chi connectivity index (χ0v) is 15.9. The Labute approximate surface area is 155 Å². The number of benzene rings is 2. The van der Waals surface area contributed by atoms with Crippen molar-refractivity contribution in [3.63, 3.8) is 0 Å². The average Bonchev–Trinajstić information content (AvgIpc) is 2.58. The largest absolute Gasteiger partial charge is 0.495 e. The molecule has 148 valence electrons. The molecule has 0 aromatic heterocycles. The first kappa shape index (κ1) is 22.5. The van der Waals surface area contributed by atoms with Gasteiger partial charge in [0.15, 0.2) is 5.78 Å². The predicted octanol–water partition coefficient (Wildman–Crippen LogP) is 1.59. The Balaban J connectivity index is 0.00000364. The Hall–Kier alpha value is -2.51. The fourth-order valence-corrected chi connectivity index (χ4v) is 3.57. The Morgan fingerprint density at radius 3 is 1.37 bits per heavy atom. The van der Waals surface area contributed by atoms with E-state index in [1.165, 1.54) is 38.5 Å². The number of hydrogen-bond acceptors (Lipinski definition) is 8. The lowest BCUT2D eigenvalue weighted by Crippen LogP contribution is -2.08. The van der Waals surface area contributed by atoms with Crippen LogP contribution < -0.4 is 15.6 Å². The van der Waals surface area contributed by atoms with Crippen LogP contribution in [0.5, 0.6) is 11.5 Å². The number of methoxy groups -OCH3 is 2. The van der Waals surface area contributed by atoms with Gasteiger partial charge in [-0.1, -0.05) is 0 Å². The lowest BCUT2D eigenvalue weighted by Gasteiger charge is -2.10. The molecule has 0 spiro atoms. The second-order valence-corrected chi connectivity index (χ2v) is 7.79. The van der Waals surface area contributed by atoms with Crippen LogP contribution in [0.4, 0.5) is 0 Å². The van der Waals surface area contributed by atoms with Gasteiger partial charge < -0.3 is 15.6 Å². The number of ether oxygens (including phenoxy) is 2. The molecule has 0 aliphatic carbocycles. The Bertz CT molecular complexity index is 991. The third-order valence-corrected chi connectivity index (χ3v) is 5.16. The van der Waals surface area contributed by atoms with Crippen LogP contribution in [0.3, 0.4) is 0 Å². The van der Waals surface area contributed by atoms with Crippen molar-refractivity contribution in [2.45, 2.75) is 9.79 Å². The zero-order chi connectivity index (χ0) is 19.7. The SMILES string of the molecule is COc1ccc(C(=O)c2ccc(OC)c(S(=O)(=O)O)c2)cc1S(=O)(=O)O.N. The van der Waals surface area contributed by atoms with Crippen molar-refractivity contribution in [1.29, 1.82) is 0 Å². The molecule has 0 unspecified atom stereocenters. The first-order valence-corrected chi connectivity index (χ1v) is 9.73. The first-order chi connectivity index (χ1) is 12.0. The quantitative estimate of drug-likeness (QED) is 0.459. The molecule has 0 aliphatic rings. The van der Waals surface area contributed by atoms with Gasteiger partial charge in [0, 0.05) is 11.1 Å². The van der Waals surface area contributed by atoms with Gasteiger partial charge in [-0.05, 0) is 36.4 Å². The van der Waals surface area contributed by atoms with Crippen molar-refractivity contribution in [2.75, 3.05) is 14.2 Å². The van der Waals surface area contributed by atoms with E-state index in [4.69, 9.17) is 9.47 Å². The molecule has 0 bridgehead atoms. The molecule has 2 aromatic rings. The minimum absolute atomic E-state index is 0. The molecule has 0 aliphatic heterocycles. The van der Waals surface area contributed by atoms with Gasteiger partial charge in [-0.3, -0.25) is 13.9 Å². The minimum Gasteiger partial charge on any atom is -0.495 e. The summed E-state index contributed by atoms with van der Waals surface area (Å²) in [5.41, 5.74) is -0.297. The van der Waals surface area contributed by atoms with E-state index in [0.717, 1.165) is 12.1 Å². The van der Waals surface area contributed by atoms with Crippen LogP contribution in [0.25, 0.3) is 0 Å². The van der Waals surface area contributed by atoms with E-state index in [1.54, 1.807) is 0 Å². The Morgan fingerprint density at radius 2 is 1.11 bits per heavy atom. The van der Waals surface area contributed by atoms with Gasteiger partial charge in [0.2, 0.25) is 0 Å². The highest BCUT2D eigenvalue weighted by Crippen LogP contribution is 2.28. The standard InChI is InChI=1S/C15H14O9S2.H3N/c1-23-11-5-3-9(7-13(11)25(17,18)19)15(16)10-4-6-12(24-2)14(8-10)26(20,21)22;/h3-8H,1-2H3,(H,17,18,19)(H,20,21,22);1H3. The second kappa shape index (κ2) is 8.02. The summed E-state index contributed by atoms with van der Waals surface area (Å²) in [6.07, 6.45) is 0. The van der Waals surface area contributed by atoms with Crippen LogP contribution in [0, 0.1) is 0 Å². The molecule has 2 aromatic carbocycles. The summed E-state index contributed by atoms with van der Waals surface area (Å²) < 4.78 is 73.9. The molecule has 10 nitrogen and oxygen atoms in total. The van der Waals surface area contributed by atoms with E-state index in [-0.39, 0.29) is 28.8 Å². The molecule has 0 fully saturated rings. The summed E-state index contributed by atoms with van der Waals surface area (Å²) >= 11 is 0. The lowest BCUT2D eigenvalue weighted by molar-refractivity contribution is 0.103. The fraction of sp³-hybridized carbons (Fsp3) is 0.133. The minimum atomic E-state index is -4.66. The van der Waals surface area contributed by atoms with Gasteiger partial charge in [0.1, 0.15) is 21.3 Å². The van der Waals surface area contributed by atoms with E-state index in [9.17, 15) is 30.7 Å². The van der Waals surface area contributed by atoms with Gasteiger partial charge in [0.25, 0.3) is 20.2 Å². The normalized spacial score (nSPS) is 11.4. The number of carbonyl (C=O) groups excluding carboxylic acids is 1. The predicted molar refractivity (Wildman–Crippen MR) is 94.1 cm³/mol. The van der Waals surface area contributed by atoms with Crippen LogP contribution in [-0.4, -0.2) is 45.9 Å². The molecule has 0 saturated carbocycles. The molecule has 12 heteroatoms. The third kappa shape index (κ3) is 4.81. The van der Waals surface area contributed by atoms with Gasteiger partial charge in [-0.2, -0.15) is 16.8 Å². The lowest BCUT2D eigenvalue weighted by atomic mass is 10.0. The highest BCUT2D eigenvalue weighted by molar-refractivity contribution is 7.86. The van der Waals surface area contributed by atoms with E-state index < -0.39 is 35.8 Å². The number of hydrogen-bond donors (Lipinski definition) is 3. The highest BCUT2D eigenvalue weighted by atomic mass is 32.2. The second-order valence-electron chi connectivity index (χ2n) is 5.01. The maximum absolute atomic E-state index is 12.6. The van der Waals surface area contributed by atoms with E-state index in [0.29, 0.717) is 0 Å². The van der Waals surface area contributed by atoms with Crippen molar-refractivity contribution in [1.82, 2.24) is 6.15 Å². The zero-order valence-electron chi connectivity index (χ0n) is 14.2. The van der Waals surface area contributed by atoms with Crippen molar-refractivity contribution in [2.24, 2.45) is 0 Å². The van der Waals surface area contributed by atoms with Crippen molar-refractivity contribution in [3.8, 4) is 11.5 Å². The van der Waals surface area contributed by atoms with Gasteiger partial charge >= 0.3 is 0 Å². The number of rotatable bonds is 6. The van der Waals surface area contributed by atoms with Crippen molar-refractivity contribution >= 4 is 26.0 Å². The fourth-order valence-electron chi connectivity index (χ4n) is 2.21. The monoisotopic (exact) mass is 419 g/mol. The van der Waals surface area contributed by atoms with E-state index in [2.05, 4.69) is 0 Å². The maximum atomic E-state index is 12.6.